The van der Waals surface area contributed by atoms with Crippen molar-refractivity contribution in [1.82, 2.24) is 5.43 Å². The number of rotatable bonds is 5. The molecule has 3 aromatic rings. The van der Waals surface area contributed by atoms with E-state index in [1.54, 1.807) is 31.2 Å². The van der Waals surface area contributed by atoms with Crippen LogP contribution in [-0.4, -0.2) is 23.0 Å². The number of nitrogens with zero attached hydrogens (tertiary/aromatic N) is 2. The number of hydrogen-bond acceptors (Lipinski definition) is 6. The summed E-state index contributed by atoms with van der Waals surface area (Å²) < 4.78 is 5.60. The summed E-state index contributed by atoms with van der Waals surface area (Å²) in [7, 11) is 0. The van der Waals surface area contributed by atoms with Crippen LogP contribution in [0.5, 0.6) is 0 Å². The van der Waals surface area contributed by atoms with Crippen LogP contribution >= 0.6 is 23.2 Å². The maximum Gasteiger partial charge on any atom is 0.329 e. The Bertz CT molecular complexity index is 1210. The van der Waals surface area contributed by atoms with Crippen LogP contribution in [0.4, 0.5) is 11.4 Å². The number of amides is 2. The molecule has 31 heavy (non-hydrogen) atoms. The third-order valence-corrected chi connectivity index (χ3v) is 4.70. The highest BCUT2D eigenvalue weighted by Crippen LogP contribution is 2.30. The summed E-state index contributed by atoms with van der Waals surface area (Å²) in [5.41, 5.74) is 3.22. The molecule has 1 aromatic heterocycles. The van der Waals surface area contributed by atoms with Crippen molar-refractivity contribution in [3.63, 3.8) is 0 Å². The SMILES string of the molecule is Cc1c(-c2ccc(/C=N/NC(=O)C(=O)Nc3cc(Cl)ccc3Cl)o2)cccc1[N+](=O)[O-]. The Kier molecular flexibility index (Phi) is 6.68. The molecule has 0 aliphatic rings. The molecule has 2 amide bonds. The highest BCUT2D eigenvalue weighted by atomic mass is 35.5. The Morgan fingerprint density at radius 1 is 1.13 bits per heavy atom. The number of nitro benzene ring substituents is 1. The summed E-state index contributed by atoms with van der Waals surface area (Å²) in [6.45, 7) is 1.62. The van der Waals surface area contributed by atoms with Crippen LogP contribution in [0.3, 0.4) is 0 Å². The quantitative estimate of drug-likeness (QED) is 0.249. The molecule has 0 unspecified atom stereocenters. The second kappa shape index (κ2) is 9.41. The normalized spacial score (nSPS) is 10.8. The van der Waals surface area contributed by atoms with Gasteiger partial charge in [0, 0.05) is 22.2 Å². The number of benzene rings is 2. The van der Waals surface area contributed by atoms with Crippen LogP contribution in [0.2, 0.25) is 10.0 Å². The summed E-state index contributed by atoms with van der Waals surface area (Å²) in [6, 6.07) is 12.2. The van der Waals surface area contributed by atoms with Crippen LogP contribution in [0.15, 0.2) is 58.0 Å². The number of hydrazone groups is 1. The third-order valence-electron chi connectivity index (χ3n) is 4.13. The topological polar surface area (TPSA) is 127 Å². The molecule has 0 radical (unpaired) electrons. The third kappa shape index (κ3) is 5.27. The molecule has 3 rings (SSSR count). The van der Waals surface area contributed by atoms with Gasteiger partial charge in [-0.1, -0.05) is 35.3 Å². The van der Waals surface area contributed by atoms with Gasteiger partial charge in [0.1, 0.15) is 11.5 Å². The van der Waals surface area contributed by atoms with Gasteiger partial charge in [-0.25, -0.2) is 5.43 Å². The van der Waals surface area contributed by atoms with Crippen LogP contribution in [0.1, 0.15) is 11.3 Å². The minimum absolute atomic E-state index is 0.0257. The molecule has 0 aliphatic carbocycles. The van der Waals surface area contributed by atoms with E-state index in [0.29, 0.717) is 21.9 Å². The first-order valence-corrected chi connectivity index (χ1v) is 9.45. The molecule has 0 aliphatic heterocycles. The number of carbonyl (C=O) groups excluding carboxylic acids is 2. The smallest absolute Gasteiger partial charge is 0.329 e. The highest BCUT2D eigenvalue weighted by Gasteiger charge is 2.17. The predicted molar refractivity (Wildman–Crippen MR) is 116 cm³/mol. The molecule has 0 atom stereocenters. The summed E-state index contributed by atoms with van der Waals surface area (Å²) in [5.74, 6) is -1.37. The summed E-state index contributed by atoms with van der Waals surface area (Å²) in [6.07, 6.45) is 1.19. The maximum absolute atomic E-state index is 12.0. The second-order valence-corrected chi connectivity index (χ2v) is 7.03. The van der Waals surface area contributed by atoms with E-state index >= 15 is 0 Å². The van der Waals surface area contributed by atoms with E-state index in [1.807, 2.05) is 0 Å². The van der Waals surface area contributed by atoms with Crippen LogP contribution in [-0.2, 0) is 9.59 Å². The van der Waals surface area contributed by atoms with Gasteiger partial charge in [0.15, 0.2) is 0 Å². The molecule has 0 spiro atoms. The van der Waals surface area contributed by atoms with Gasteiger partial charge in [0.2, 0.25) is 0 Å². The van der Waals surface area contributed by atoms with Gasteiger partial charge in [-0.3, -0.25) is 19.7 Å². The van der Waals surface area contributed by atoms with Gasteiger partial charge in [0.05, 0.1) is 21.8 Å². The number of furan rings is 1. The lowest BCUT2D eigenvalue weighted by Gasteiger charge is -2.06. The molecular formula is C20H14Cl2N4O5. The number of anilines is 1. The minimum Gasteiger partial charge on any atom is -0.455 e. The monoisotopic (exact) mass is 460 g/mol. The van der Waals surface area contributed by atoms with E-state index < -0.39 is 16.7 Å². The summed E-state index contributed by atoms with van der Waals surface area (Å²) in [4.78, 5) is 34.5. The highest BCUT2D eigenvalue weighted by molar-refractivity contribution is 6.42. The lowest BCUT2D eigenvalue weighted by atomic mass is 10.1. The zero-order chi connectivity index (χ0) is 22.5. The van der Waals surface area contributed by atoms with Crippen molar-refractivity contribution in [3.8, 4) is 11.3 Å². The van der Waals surface area contributed by atoms with Gasteiger partial charge in [-0.15, -0.1) is 0 Å². The molecule has 0 saturated heterocycles. The van der Waals surface area contributed by atoms with Crippen molar-refractivity contribution in [2.45, 2.75) is 6.92 Å². The molecule has 158 valence electrons. The zero-order valence-corrected chi connectivity index (χ0v) is 17.4. The first-order chi connectivity index (χ1) is 14.8. The number of nitro groups is 1. The second-order valence-electron chi connectivity index (χ2n) is 6.19. The Balaban J connectivity index is 1.65. The molecule has 0 bridgehead atoms. The van der Waals surface area contributed by atoms with Gasteiger partial charge in [-0.05, 0) is 37.3 Å². The van der Waals surface area contributed by atoms with E-state index in [1.165, 1.54) is 30.5 Å². The predicted octanol–water partition coefficient (Wildman–Crippen LogP) is 4.56. The standard InChI is InChI=1S/C20H14Cl2N4O5/c1-11-14(3-2-4-17(11)26(29)30)18-8-6-13(31-18)10-23-25-20(28)19(27)24-16-9-12(21)5-7-15(16)22/h2-10H,1H3,(H,24,27)(H,25,28)/b23-10+. The van der Waals surface area contributed by atoms with E-state index in [2.05, 4.69) is 15.8 Å². The molecule has 11 heteroatoms. The Hall–Kier alpha value is -3.69. The average Bonchev–Trinajstić information content (AvgIpc) is 3.19. The molecule has 1 heterocycles. The van der Waals surface area contributed by atoms with Gasteiger partial charge >= 0.3 is 11.8 Å². The fourth-order valence-corrected chi connectivity index (χ4v) is 2.97. The maximum atomic E-state index is 12.0. The average molecular weight is 461 g/mol. The van der Waals surface area contributed by atoms with Crippen molar-refractivity contribution in [1.29, 1.82) is 0 Å². The Labute approximate surface area is 185 Å². The van der Waals surface area contributed by atoms with Crippen LogP contribution < -0.4 is 10.7 Å². The molecular weight excluding hydrogens is 447 g/mol. The Morgan fingerprint density at radius 2 is 1.90 bits per heavy atom. The largest absolute Gasteiger partial charge is 0.455 e. The zero-order valence-electron chi connectivity index (χ0n) is 15.9. The summed E-state index contributed by atoms with van der Waals surface area (Å²) >= 11 is 11.8. The van der Waals surface area contributed by atoms with Crippen molar-refractivity contribution >= 4 is 52.6 Å². The van der Waals surface area contributed by atoms with E-state index in [9.17, 15) is 19.7 Å². The fraction of sp³-hybridized carbons (Fsp3) is 0.0500. The van der Waals surface area contributed by atoms with Crippen LogP contribution in [0.25, 0.3) is 11.3 Å². The van der Waals surface area contributed by atoms with Gasteiger partial charge in [-0.2, -0.15) is 5.10 Å². The van der Waals surface area contributed by atoms with Crippen molar-refractivity contribution in [2.24, 2.45) is 5.10 Å². The minimum atomic E-state index is -1.03. The first kappa shape index (κ1) is 22.0. The lowest BCUT2D eigenvalue weighted by molar-refractivity contribution is -0.385. The number of halogens is 2. The van der Waals surface area contributed by atoms with Gasteiger partial charge in [0.25, 0.3) is 5.69 Å². The molecule has 0 saturated carbocycles. The number of carbonyl (C=O) groups is 2. The van der Waals surface area contributed by atoms with Crippen LogP contribution in [0, 0.1) is 17.0 Å². The van der Waals surface area contributed by atoms with Gasteiger partial charge < -0.3 is 9.73 Å². The van der Waals surface area contributed by atoms with E-state index in [-0.39, 0.29) is 22.2 Å². The van der Waals surface area contributed by atoms with E-state index in [4.69, 9.17) is 27.6 Å². The molecule has 2 aromatic carbocycles. The Morgan fingerprint density at radius 3 is 2.65 bits per heavy atom. The molecule has 2 N–H and O–H groups in total. The lowest BCUT2D eigenvalue weighted by Crippen LogP contribution is -2.32. The van der Waals surface area contributed by atoms with Crippen molar-refractivity contribution in [3.05, 3.63) is 80.0 Å². The first-order valence-electron chi connectivity index (χ1n) is 8.70. The van der Waals surface area contributed by atoms with E-state index in [0.717, 1.165) is 0 Å². The molecule has 9 nitrogen and oxygen atoms in total. The number of nitrogens with one attached hydrogen (secondary N) is 2. The summed E-state index contributed by atoms with van der Waals surface area (Å²) in [5, 5.41) is 17.6. The molecule has 0 fully saturated rings. The van der Waals surface area contributed by atoms with Crippen molar-refractivity contribution < 1.29 is 18.9 Å². The van der Waals surface area contributed by atoms with Crippen molar-refractivity contribution in [2.75, 3.05) is 5.32 Å². The fourth-order valence-electron chi connectivity index (χ4n) is 2.63. The number of hydrogen-bond donors (Lipinski definition) is 2.